The minimum atomic E-state index is -0.677. The number of carbonyl (C=O) groups excluding carboxylic acids is 1. The minimum absolute atomic E-state index is 0.0396. The van der Waals surface area contributed by atoms with E-state index in [0.29, 0.717) is 16.3 Å². The van der Waals surface area contributed by atoms with Crippen LogP contribution < -0.4 is 14.3 Å². The summed E-state index contributed by atoms with van der Waals surface area (Å²) in [5.74, 6) is 0.546. The number of halogens is 1. The van der Waals surface area contributed by atoms with Crippen LogP contribution >= 0.6 is 22.9 Å². The molecule has 1 amide bonds. The first-order valence-electron chi connectivity index (χ1n) is 7.61. The molecule has 0 aliphatic carbocycles. The van der Waals surface area contributed by atoms with Crippen molar-refractivity contribution in [3.05, 3.63) is 55.8 Å². The summed E-state index contributed by atoms with van der Waals surface area (Å²) < 4.78 is 13.2. The molecule has 3 rings (SSSR count). The number of aromatic nitrogens is 1. The first kappa shape index (κ1) is 18.9. The average Bonchev–Trinajstić information content (AvgIpc) is 2.97. The smallest absolute Gasteiger partial charge is 0.281 e. The topological polar surface area (TPSA) is 96.0 Å². The van der Waals surface area contributed by atoms with Gasteiger partial charge in [0.15, 0.2) is 4.80 Å². The van der Waals surface area contributed by atoms with E-state index in [2.05, 4.69) is 4.99 Å². The van der Waals surface area contributed by atoms with Crippen LogP contribution in [0.5, 0.6) is 11.5 Å². The molecular weight excluding hydrogens is 394 g/mol. The fraction of sp³-hybridized carbons (Fsp3) is 0.176. The van der Waals surface area contributed by atoms with Crippen LogP contribution in [0.3, 0.4) is 0 Å². The number of nitro groups is 1. The van der Waals surface area contributed by atoms with E-state index in [1.54, 1.807) is 38.0 Å². The van der Waals surface area contributed by atoms with Crippen molar-refractivity contribution in [2.45, 2.75) is 0 Å². The van der Waals surface area contributed by atoms with Gasteiger partial charge < -0.3 is 14.0 Å². The number of nitro benzene ring substituents is 1. The number of carbonyl (C=O) groups is 1. The van der Waals surface area contributed by atoms with Crippen molar-refractivity contribution >= 4 is 44.7 Å². The maximum atomic E-state index is 12.6. The lowest BCUT2D eigenvalue weighted by molar-refractivity contribution is -0.384. The highest BCUT2D eigenvalue weighted by molar-refractivity contribution is 7.16. The highest BCUT2D eigenvalue weighted by Gasteiger charge is 2.18. The first-order chi connectivity index (χ1) is 12.9. The van der Waals surface area contributed by atoms with E-state index in [1.165, 1.54) is 23.5 Å². The highest BCUT2D eigenvalue weighted by Crippen LogP contribution is 2.34. The van der Waals surface area contributed by atoms with Crippen LogP contribution in [0.15, 0.2) is 35.3 Å². The number of fused-ring (bicyclic) bond motifs is 1. The van der Waals surface area contributed by atoms with Crippen LogP contribution in [0, 0.1) is 10.1 Å². The molecule has 0 spiro atoms. The van der Waals surface area contributed by atoms with Crippen LogP contribution in [-0.2, 0) is 7.05 Å². The summed E-state index contributed by atoms with van der Waals surface area (Å²) in [7, 11) is 4.83. The van der Waals surface area contributed by atoms with Gasteiger partial charge in [-0.1, -0.05) is 22.9 Å². The van der Waals surface area contributed by atoms with Crippen molar-refractivity contribution in [3.8, 4) is 11.5 Å². The zero-order chi connectivity index (χ0) is 19.7. The Morgan fingerprint density at radius 3 is 2.52 bits per heavy atom. The third-order valence-electron chi connectivity index (χ3n) is 3.90. The maximum absolute atomic E-state index is 12.6. The van der Waals surface area contributed by atoms with Gasteiger partial charge in [-0.15, -0.1) is 0 Å². The number of non-ortho nitro benzene ring substituents is 1. The van der Waals surface area contributed by atoms with Gasteiger partial charge in [0.1, 0.15) is 21.7 Å². The van der Waals surface area contributed by atoms with Crippen molar-refractivity contribution < 1.29 is 19.2 Å². The third-order valence-corrected chi connectivity index (χ3v) is 5.38. The fourth-order valence-electron chi connectivity index (χ4n) is 2.57. The Morgan fingerprint density at radius 2 is 1.89 bits per heavy atom. The number of hydrogen-bond donors (Lipinski definition) is 0. The summed E-state index contributed by atoms with van der Waals surface area (Å²) in [4.78, 5) is 27.4. The molecule has 1 aromatic heterocycles. The Balaban J connectivity index is 2.19. The number of methoxy groups -OCH3 is 2. The summed E-state index contributed by atoms with van der Waals surface area (Å²) in [6, 6.07) is 7.17. The Hall–Kier alpha value is -2.91. The average molecular weight is 408 g/mol. The summed E-state index contributed by atoms with van der Waals surface area (Å²) in [6.07, 6.45) is 0. The SMILES string of the molecule is COc1ccc(OC)c2c1sc(=NC(=O)c1cc([N+](=O)[O-])ccc1Cl)n2C. The van der Waals surface area contributed by atoms with Gasteiger partial charge in [0.25, 0.3) is 11.6 Å². The molecule has 0 aliphatic heterocycles. The lowest BCUT2D eigenvalue weighted by Gasteiger charge is -2.06. The fourth-order valence-corrected chi connectivity index (χ4v) is 3.89. The third kappa shape index (κ3) is 3.38. The summed E-state index contributed by atoms with van der Waals surface area (Å²) in [5.41, 5.74) is 0.447. The largest absolute Gasteiger partial charge is 0.495 e. The lowest BCUT2D eigenvalue weighted by Crippen LogP contribution is -2.14. The molecule has 8 nitrogen and oxygen atoms in total. The number of thiazole rings is 1. The predicted octanol–water partition coefficient (Wildman–Crippen LogP) is 3.56. The van der Waals surface area contributed by atoms with Gasteiger partial charge in [-0.3, -0.25) is 14.9 Å². The normalized spacial score (nSPS) is 11.6. The van der Waals surface area contributed by atoms with E-state index < -0.39 is 10.8 Å². The van der Waals surface area contributed by atoms with Gasteiger partial charge in [-0.05, 0) is 18.2 Å². The van der Waals surface area contributed by atoms with Crippen molar-refractivity contribution in [1.82, 2.24) is 4.57 Å². The Bertz CT molecular complexity index is 1140. The number of aryl methyl sites for hydroxylation is 1. The molecule has 27 heavy (non-hydrogen) atoms. The van der Waals surface area contributed by atoms with E-state index in [4.69, 9.17) is 21.1 Å². The highest BCUT2D eigenvalue weighted by atomic mass is 35.5. The Kier molecular flexibility index (Phi) is 5.15. The number of ether oxygens (including phenoxy) is 2. The van der Waals surface area contributed by atoms with Crippen molar-refractivity contribution in [2.24, 2.45) is 12.0 Å². The molecule has 0 bridgehead atoms. The zero-order valence-electron chi connectivity index (χ0n) is 14.6. The van der Waals surface area contributed by atoms with E-state index in [0.717, 1.165) is 16.3 Å². The Morgan fingerprint density at radius 1 is 1.22 bits per heavy atom. The van der Waals surface area contributed by atoms with E-state index in [9.17, 15) is 14.9 Å². The summed E-state index contributed by atoms with van der Waals surface area (Å²) in [5, 5.41) is 11.0. The molecule has 2 aromatic carbocycles. The van der Waals surface area contributed by atoms with Crippen molar-refractivity contribution in [1.29, 1.82) is 0 Å². The van der Waals surface area contributed by atoms with Gasteiger partial charge >= 0.3 is 0 Å². The van der Waals surface area contributed by atoms with Gasteiger partial charge in [0.05, 0.1) is 29.7 Å². The zero-order valence-corrected chi connectivity index (χ0v) is 16.1. The lowest BCUT2D eigenvalue weighted by atomic mass is 10.2. The molecule has 0 aliphatic rings. The van der Waals surface area contributed by atoms with Crippen LogP contribution in [0.2, 0.25) is 5.02 Å². The Labute approximate surface area is 162 Å². The number of nitrogens with zero attached hydrogens (tertiary/aromatic N) is 3. The second kappa shape index (κ2) is 7.37. The molecule has 140 valence electrons. The van der Waals surface area contributed by atoms with E-state index >= 15 is 0 Å². The summed E-state index contributed by atoms with van der Waals surface area (Å²) >= 11 is 7.27. The molecule has 0 saturated carbocycles. The van der Waals surface area contributed by atoms with Crippen LogP contribution in [0.1, 0.15) is 10.4 Å². The second-order valence-electron chi connectivity index (χ2n) is 5.43. The molecule has 1 heterocycles. The molecule has 0 saturated heterocycles. The molecular formula is C17H14ClN3O5S. The van der Waals surface area contributed by atoms with E-state index in [1.807, 2.05) is 0 Å². The predicted molar refractivity (Wildman–Crippen MR) is 102 cm³/mol. The van der Waals surface area contributed by atoms with Crippen molar-refractivity contribution in [2.75, 3.05) is 14.2 Å². The minimum Gasteiger partial charge on any atom is -0.495 e. The number of benzene rings is 2. The molecule has 0 atom stereocenters. The quantitative estimate of drug-likeness (QED) is 0.486. The maximum Gasteiger partial charge on any atom is 0.281 e. The second-order valence-corrected chi connectivity index (χ2v) is 6.81. The standard InChI is InChI=1S/C17H14ClN3O5S/c1-20-14-12(25-2)6-7-13(26-3)15(14)27-17(20)19-16(22)10-8-9(21(23)24)4-5-11(10)18/h4-8H,1-3H3. The molecule has 0 N–H and O–H groups in total. The van der Waals surface area contributed by atoms with Gasteiger partial charge in [-0.2, -0.15) is 4.99 Å². The van der Waals surface area contributed by atoms with Crippen LogP contribution in [0.25, 0.3) is 10.2 Å². The van der Waals surface area contributed by atoms with Gasteiger partial charge in [0.2, 0.25) is 0 Å². The number of hydrogen-bond acceptors (Lipinski definition) is 6. The molecule has 3 aromatic rings. The molecule has 10 heteroatoms. The first-order valence-corrected chi connectivity index (χ1v) is 8.80. The van der Waals surface area contributed by atoms with E-state index in [-0.39, 0.29) is 16.3 Å². The summed E-state index contributed by atoms with van der Waals surface area (Å²) in [6.45, 7) is 0. The molecule has 0 radical (unpaired) electrons. The monoisotopic (exact) mass is 407 g/mol. The van der Waals surface area contributed by atoms with Crippen LogP contribution in [0.4, 0.5) is 5.69 Å². The van der Waals surface area contributed by atoms with Crippen molar-refractivity contribution in [3.63, 3.8) is 0 Å². The molecule has 0 fully saturated rings. The number of amides is 1. The van der Waals surface area contributed by atoms with Gasteiger partial charge in [-0.25, -0.2) is 0 Å². The van der Waals surface area contributed by atoms with Gasteiger partial charge in [0, 0.05) is 19.2 Å². The van der Waals surface area contributed by atoms with Crippen LogP contribution in [-0.4, -0.2) is 29.6 Å². The molecule has 0 unspecified atom stereocenters. The number of rotatable bonds is 4.